The third kappa shape index (κ3) is 3.52. The molecule has 0 aliphatic heterocycles. The molecule has 1 fully saturated rings. The molecule has 1 aliphatic carbocycles. The van der Waals surface area contributed by atoms with E-state index in [2.05, 4.69) is 9.97 Å². The molecule has 1 heterocycles. The van der Waals surface area contributed by atoms with Gasteiger partial charge in [-0.1, -0.05) is 61.7 Å². The summed E-state index contributed by atoms with van der Waals surface area (Å²) in [7, 11) is 0. The first-order chi connectivity index (χ1) is 14.1. The van der Waals surface area contributed by atoms with Gasteiger partial charge in [0.1, 0.15) is 6.07 Å². The summed E-state index contributed by atoms with van der Waals surface area (Å²) in [5.74, 6) is 0.0722. The number of carbonyl (C=O) groups is 1. The van der Waals surface area contributed by atoms with Crippen molar-refractivity contribution in [3.63, 3.8) is 0 Å². The monoisotopic (exact) mass is 386 g/mol. The number of rotatable bonds is 4. The Balaban J connectivity index is 1.82. The Morgan fingerprint density at radius 2 is 1.86 bits per heavy atom. The van der Waals surface area contributed by atoms with E-state index in [1.54, 1.807) is 12.3 Å². The van der Waals surface area contributed by atoms with Crippen molar-refractivity contribution in [2.24, 2.45) is 0 Å². The number of carboxylic acid groups (broad SMARTS) is 1. The molecule has 4 rings (SSSR count). The summed E-state index contributed by atoms with van der Waals surface area (Å²) in [6, 6.07) is 17.7. The minimum Gasteiger partial charge on any atom is -0.465 e. The van der Waals surface area contributed by atoms with Gasteiger partial charge in [0.05, 0.1) is 17.8 Å². The van der Waals surface area contributed by atoms with Gasteiger partial charge in [0, 0.05) is 6.20 Å². The molecule has 3 aromatic rings. The number of nitrogens with zero attached hydrogens (tertiary/aromatic N) is 4. The van der Waals surface area contributed by atoms with Crippen molar-refractivity contribution in [2.75, 3.05) is 0 Å². The van der Waals surface area contributed by atoms with Crippen LogP contribution in [-0.4, -0.2) is 26.1 Å². The van der Waals surface area contributed by atoms with Crippen molar-refractivity contribution in [3.8, 4) is 6.07 Å². The molecule has 0 bridgehead atoms. The van der Waals surface area contributed by atoms with Crippen LogP contribution in [-0.2, 0) is 12.1 Å². The standard InChI is InChI=1S/C23H22N4O2/c24-15-21-25-14-11-20(26-21)23(12-4-1-5-13-23)27(22(28)29)16-18-9-6-8-17-7-2-3-10-19(17)18/h2-3,6-11,14H,1,4-5,12-13,16H2,(H,28,29). The van der Waals surface area contributed by atoms with Gasteiger partial charge < -0.3 is 5.11 Å². The molecule has 0 radical (unpaired) electrons. The average Bonchev–Trinajstić information content (AvgIpc) is 2.77. The average molecular weight is 386 g/mol. The third-order valence-electron chi connectivity index (χ3n) is 5.87. The highest BCUT2D eigenvalue weighted by atomic mass is 16.4. The molecule has 0 saturated heterocycles. The fourth-order valence-corrected chi connectivity index (χ4v) is 4.48. The first-order valence-electron chi connectivity index (χ1n) is 9.85. The lowest BCUT2D eigenvalue weighted by atomic mass is 9.77. The van der Waals surface area contributed by atoms with Crippen LogP contribution in [0.1, 0.15) is 49.2 Å². The molecule has 29 heavy (non-hydrogen) atoms. The number of amides is 1. The minimum atomic E-state index is -0.975. The molecular weight excluding hydrogens is 364 g/mol. The van der Waals surface area contributed by atoms with Crippen LogP contribution in [0.2, 0.25) is 0 Å². The molecule has 0 unspecified atom stereocenters. The van der Waals surface area contributed by atoms with Crippen molar-refractivity contribution in [1.29, 1.82) is 5.26 Å². The van der Waals surface area contributed by atoms with Crippen LogP contribution < -0.4 is 0 Å². The Morgan fingerprint density at radius 3 is 2.62 bits per heavy atom. The topological polar surface area (TPSA) is 90.1 Å². The molecule has 1 aliphatic rings. The molecule has 146 valence electrons. The fraction of sp³-hybridized carbons (Fsp3) is 0.304. The van der Waals surface area contributed by atoms with E-state index in [-0.39, 0.29) is 12.4 Å². The minimum absolute atomic E-state index is 0.0722. The van der Waals surface area contributed by atoms with Crippen LogP contribution in [0.3, 0.4) is 0 Å². The second-order valence-corrected chi connectivity index (χ2v) is 7.48. The van der Waals surface area contributed by atoms with Crippen LogP contribution >= 0.6 is 0 Å². The molecule has 0 spiro atoms. The summed E-state index contributed by atoms with van der Waals surface area (Å²) in [6.07, 6.45) is 4.86. The van der Waals surface area contributed by atoms with E-state index in [1.165, 1.54) is 4.90 Å². The van der Waals surface area contributed by atoms with Crippen molar-refractivity contribution >= 4 is 16.9 Å². The van der Waals surface area contributed by atoms with Crippen LogP contribution in [0.4, 0.5) is 4.79 Å². The van der Waals surface area contributed by atoms with Gasteiger partial charge in [-0.25, -0.2) is 14.8 Å². The number of benzene rings is 2. The summed E-state index contributed by atoms with van der Waals surface area (Å²) in [6.45, 7) is 0.266. The predicted octanol–water partition coefficient (Wildman–Crippen LogP) is 4.84. The Labute approximate surface area is 169 Å². The molecular formula is C23H22N4O2. The number of aromatic nitrogens is 2. The highest BCUT2D eigenvalue weighted by molar-refractivity contribution is 5.86. The van der Waals surface area contributed by atoms with Crippen LogP contribution in [0.15, 0.2) is 54.7 Å². The van der Waals surface area contributed by atoms with Crippen molar-refractivity contribution in [3.05, 3.63) is 71.8 Å². The zero-order valence-corrected chi connectivity index (χ0v) is 16.1. The van der Waals surface area contributed by atoms with Gasteiger partial charge in [-0.2, -0.15) is 5.26 Å². The maximum absolute atomic E-state index is 12.5. The number of hydrogen-bond acceptors (Lipinski definition) is 4. The lowest BCUT2D eigenvalue weighted by molar-refractivity contribution is 0.0387. The van der Waals surface area contributed by atoms with E-state index in [1.807, 2.05) is 48.5 Å². The van der Waals surface area contributed by atoms with E-state index in [0.29, 0.717) is 18.5 Å². The van der Waals surface area contributed by atoms with Crippen molar-refractivity contribution < 1.29 is 9.90 Å². The Morgan fingerprint density at radius 1 is 1.10 bits per heavy atom. The van der Waals surface area contributed by atoms with Gasteiger partial charge in [-0.3, -0.25) is 4.90 Å². The summed E-state index contributed by atoms with van der Waals surface area (Å²) < 4.78 is 0. The van der Waals surface area contributed by atoms with Gasteiger partial charge in [0.15, 0.2) is 0 Å². The number of hydrogen-bond donors (Lipinski definition) is 1. The van der Waals surface area contributed by atoms with E-state index < -0.39 is 11.6 Å². The van der Waals surface area contributed by atoms with Gasteiger partial charge in [-0.05, 0) is 35.2 Å². The zero-order valence-electron chi connectivity index (χ0n) is 16.1. The lowest BCUT2D eigenvalue weighted by Crippen LogP contribution is -2.50. The van der Waals surface area contributed by atoms with Gasteiger partial charge in [0.2, 0.25) is 5.82 Å². The smallest absolute Gasteiger partial charge is 0.408 e. The van der Waals surface area contributed by atoms with Crippen LogP contribution in [0.5, 0.6) is 0 Å². The van der Waals surface area contributed by atoms with E-state index in [9.17, 15) is 15.2 Å². The summed E-state index contributed by atoms with van der Waals surface area (Å²) in [4.78, 5) is 22.4. The number of nitriles is 1. The second kappa shape index (κ2) is 7.88. The van der Waals surface area contributed by atoms with Crippen molar-refractivity contribution in [2.45, 2.75) is 44.2 Å². The largest absolute Gasteiger partial charge is 0.465 e. The van der Waals surface area contributed by atoms with E-state index in [4.69, 9.17) is 0 Å². The van der Waals surface area contributed by atoms with Gasteiger partial charge in [-0.15, -0.1) is 0 Å². The molecule has 0 atom stereocenters. The molecule has 1 aromatic heterocycles. The summed E-state index contributed by atoms with van der Waals surface area (Å²) in [5.41, 5.74) is 0.826. The fourth-order valence-electron chi connectivity index (χ4n) is 4.48. The Hall–Kier alpha value is -3.46. The van der Waals surface area contributed by atoms with E-state index in [0.717, 1.165) is 35.6 Å². The maximum Gasteiger partial charge on any atom is 0.408 e. The molecule has 6 nitrogen and oxygen atoms in total. The molecule has 1 N–H and O–H groups in total. The first-order valence-corrected chi connectivity index (χ1v) is 9.85. The summed E-state index contributed by atoms with van der Waals surface area (Å²) >= 11 is 0. The summed E-state index contributed by atoms with van der Waals surface area (Å²) in [5, 5.41) is 21.6. The predicted molar refractivity (Wildman–Crippen MR) is 109 cm³/mol. The van der Waals surface area contributed by atoms with Crippen molar-refractivity contribution in [1.82, 2.24) is 14.9 Å². The normalized spacial score (nSPS) is 15.6. The third-order valence-corrected chi connectivity index (χ3v) is 5.87. The second-order valence-electron chi connectivity index (χ2n) is 7.48. The molecule has 6 heteroatoms. The first kappa shape index (κ1) is 18.9. The van der Waals surface area contributed by atoms with Crippen LogP contribution in [0, 0.1) is 11.3 Å². The SMILES string of the molecule is N#Cc1nccc(C2(N(Cc3cccc4ccccc34)C(=O)O)CCCCC2)n1. The van der Waals surface area contributed by atoms with Crippen LogP contribution in [0.25, 0.3) is 10.8 Å². The highest BCUT2D eigenvalue weighted by Gasteiger charge is 2.44. The van der Waals surface area contributed by atoms with Gasteiger partial charge >= 0.3 is 6.09 Å². The Bertz CT molecular complexity index is 1080. The number of fused-ring (bicyclic) bond motifs is 1. The molecule has 2 aromatic carbocycles. The maximum atomic E-state index is 12.5. The quantitative estimate of drug-likeness (QED) is 0.693. The molecule has 1 amide bonds. The van der Waals surface area contributed by atoms with E-state index >= 15 is 0 Å². The highest BCUT2D eigenvalue weighted by Crippen LogP contribution is 2.42. The lowest BCUT2D eigenvalue weighted by Gasteiger charge is -2.44. The zero-order chi connectivity index (χ0) is 20.3. The Kier molecular flexibility index (Phi) is 5.13. The van der Waals surface area contributed by atoms with Gasteiger partial charge in [0.25, 0.3) is 0 Å². The molecule has 1 saturated carbocycles.